The standard InChI is InChI=1S/C17H30N2O2/c1-4-15(2)19(12-13-21-3)11-10-17(20,14-18)16-8-6-5-7-9-16/h5-9,15,20H,4,10-14,18H2,1-3H3. The molecule has 21 heavy (non-hydrogen) atoms. The minimum Gasteiger partial charge on any atom is -0.384 e. The zero-order valence-corrected chi connectivity index (χ0v) is 13.6. The Kier molecular flexibility index (Phi) is 7.89. The first kappa shape index (κ1) is 18.1. The molecule has 4 heteroatoms. The van der Waals surface area contributed by atoms with Crippen molar-refractivity contribution in [2.24, 2.45) is 5.73 Å². The summed E-state index contributed by atoms with van der Waals surface area (Å²) in [5.74, 6) is 0. The molecule has 0 saturated carbocycles. The topological polar surface area (TPSA) is 58.7 Å². The smallest absolute Gasteiger partial charge is 0.103 e. The summed E-state index contributed by atoms with van der Waals surface area (Å²) in [4.78, 5) is 2.35. The second-order valence-electron chi connectivity index (χ2n) is 5.64. The predicted molar refractivity (Wildman–Crippen MR) is 87.2 cm³/mol. The number of rotatable bonds is 10. The van der Waals surface area contributed by atoms with Gasteiger partial charge in [-0.1, -0.05) is 37.3 Å². The highest BCUT2D eigenvalue weighted by molar-refractivity contribution is 5.22. The van der Waals surface area contributed by atoms with Crippen LogP contribution in [0.4, 0.5) is 0 Å². The number of hydrogen-bond acceptors (Lipinski definition) is 4. The third kappa shape index (κ3) is 5.40. The first-order valence-corrected chi connectivity index (χ1v) is 7.78. The highest BCUT2D eigenvalue weighted by Gasteiger charge is 2.28. The van der Waals surface area contributed by atoms with Crippen LogP contribution in [0, 0.1) is 0 Å². The minimum absolute atomic E-state index is 0.232. The Morgan fingerprint density at radius 1 is 1.29 bits per heavy atom. The lowest BCUT2D eigenvalue weighted by atomic mass is 9.90. The van der Waals surface area contributed by atoms with Gasteiger partial charge >= 0.3 is 0 Å². The van der Waals surface area contributed by atoms with Crippen LogP contribution in [-0.4, -0.2) is 49.4 Å². The Morgan fingerprint density at radius 2 is 1.95 bits per heavy atom. The van der Waals surface area contributed by atoms with E-state index in [1.54, 1.807) is 7.11 Å². The van der Waals surface area contributed by atoms with Crippen LogP contribution in [-0.2, 0) is 10.3 Å². The van der Waals surface area contributed by atoms with E-state index in [1.165, 1.54) is 0 Å². The van der Waals surface area contributed by atoms with Gasteiger partial charge in [0.2, 0.25) is 0 Å². The molecular formula is C17H30N2O2. The highest BCUT2D eigenvalue weighted by Crippen LogP contribution is 2.24. The zero-order valence-electron chi connectivity index (χ0n) is 13.6. The van der Waals surface area contributed by atoms with Crippen LogP contribution in [0.15, 0.2) is 30.3 Å². The van der Waals surface area contributed by atoms with Gasteiger partial charge in [0.15, 0.2) is 0 Å². The van der Waals surface area contributed by atoms with E-state index in [4.69, 9.17) is 10.5 Å². The lowest BCUT2D eigenvalue weighted by Gasteiger charge is -2.33. The molecule has 0 spiro atoms. The van der Waals surface area contributed by atoms with Crippen LogP contribution in [0.5, 0.6) is 0 Å². The summed E-state index contributed by atoms with van der Waals surface area (Å²) in [6, 6.07) is 10.2. The van der Waals surface area contributed by atoms with E-state index in [0.29, 0.717) is 19.1 Å². The molecule has 0 aliphatic carbocycles. The second kappa shape index (κ2) is 9.15. The molecule has 0 aromatic heterocycles. The summed E-state index contributed by atoms with van der Waals surface area (Å²) < 4.78 is 5.18. The lowest BCUT2D eigenvalue weighted by Crippen LogP contribution is -2.42. The molecule has 2 atom stereocenters. The average molecular weight is 294 g/mol. The van der Waals surface area contributed by atoms with Crippen molar-refractivity contribution in [3.63, 3.8) is 0 Å². The van der Waals surface area contributed by atoms with Gasteiger partial charge in [-0.3, -0.25) is 4.90 Å². The maximum Gasteiger partial charge on any atom is 0.103 e. The van der Waals surface area contributed by atoms with Crippen molar-refractivity contribution in [1.82, 2.24) is 4.90 Å². The lowest BCUT2D eigenvalue weighted by molar-refractivity contribution is 0.0175. The fourth-order valence-corrected chi connectivity index (χ4v) is 2.46. The van der Waals surface area contributed by atoms with Crippen LogP contribution in [0.3, 0.4) is 0 Å². The molecule has 3 N–H and O–H groups in total. The molecule has 4 nitrogen and oxygen atoms in total. The molecule has 0 bridgehead atoms. The fourth-order valence-electron chi connectivity index (χ4n) is 2.46. The molecule has 0 aliphatic heterocycles. The van der Waals surface area contributed by atoms with Gasteiger partial charge in [0.1, 0.15) is 5.60 Å². The molecule has 120 valence electrons. The van der Waals surface area contributed by atoms with Crippen molar-refractivity contribution in [3.05, 3.63) is 35.9 Å². The number of ether oxygens (including phenoxy) is 1. The third-order valence-corrected chi connectivity index (χ3v) is 4.26. The summed E-state index contributed by atoms with van der Waals surface area (Å²) in [6.07, 6.45) is 1.71. The van der Waals surface area contributed by atoms with Crippen LogP contribution >= 0.6 is 0 Å². The number of nitrogens with two attached hydrogens (primary N) is 1. The van der Waals surface area contributed by atoms with Gasteiger partial charge in [-0.15, -0.1) is 0 Å². The van der Waals surface area contributed by atoms with Crippen molar-refractivity contribution in [3.8, 4) is 0 Å². The maximum atomic E-state index is 10.8. The van der Waals surface area contributed by atoms with Crippen LogP contribution in [0.25, 0.3) is 0 Å². The SMILES string of the molecule is CCC(C)N(CCOC)CCC(O)(CN)c1ccccc1. The van der Waals surface area contributed by atoms with E-state index in [9.17, 15) is 5.11 Å². The first-order valence-electron chi connectivity index (χ1n) is 7.78. The third-order valence-electron chi connectivity index (χ3n) is 4.26. The summed E-state index contributed by atoms with van der Waals surface area (Å²) in [5, 5.41) is 10.8. The largest absolute Gasteiger partial charge is 0.384 e. The number of benzene rings is 1. The predicted octanol–water partition coefficient (Wildman–Crippen LogP) is 1.97. The Morgan fingerprint density at radius 3 is 2.48 bits per heavy atom. The molecule has 0 fully saturated rings. The van der Waals surface area contributed by atoms with E-state index in [0.717, 1.165) is 25.1 Å². The maximum absolute atomic E-state index is 10.8. The molecule has 1 aromatic carbocycles. The Hall–Kier alpha value is -0.940. The average Bonchev–Trinajstić information content (AvgIpc) is 2.54. The van der Waals surface area contributed by atoms with Crippen LogP contribution in [0.1, 0.15) is 32.3 Å². The monoisotopic (exact) mass is 294 g/mol. The number of hydrogen-bond donors (Lipinski definition) is 2. The molecule has 0 aliphatic rings. The Balaban J connectivity index is 2.71. The minimum atomic E-state index is -0.958. The van der Waals surface area contributed by atoms with Crippen molar-refractivity contribution < 1.29 is 9.84 Å². The molecule has 0 heterocycles. The van der Waals surface area contributed by atoms with Crippen molar-refractivity contribution >= 4 is 0 Å². The number of methoxy groups -OCH3 is 1. The Bertz CT molecular complexity index is 386. The van der Waals surface area contributed by atoms with Gasteiger partial charge in [0.05, 0.1) is 6.61 Å². The fraction of sp³-hybridized carbons (Fsp3) is 0.647. The first-order chi connectivity index (χ1) is 10.1. The normalized spacial score (nSPS) is 15.9. The van der Waals surface area contributed by atoms with Gasteiger partial charge < -0.3 is 15.6 Å². The van der Waals surface area contributed by atoms with E-state index in [2.05, 4.69) is 18.7 Å². The van der Waals surface area contributed by atoms with Crippen molar-refractivity contribution in [1.29, 1.82) is 0 Å². The van der Waals surface area contributed by atoms with E-state index < -0.39 is 5.60 Å². The highest BCUT2D eigenvalue weighted by atomic mass is 16.5. The van der Waals surface area contributed by atoms with Gasteiger partial charge in [0.25, 0.3) is 0 Å². The van der Waals surface area contributed by atoms with E-state index in [-0.39, 0.29) is 6.54 Å². The quantitative estimate of drug-likeness (QED) is 0.693. The Labute approximate surface area is 128 Å². The van der Waals surface area contributed by atoms with Gasteiger partial charge in [-0.05, 0) is 25.3 Å². The van der Waals surface area contributed by atoms with Crippen LogP contribution < -0.4 is 5.73 Å². The van der Waals surface area contributed by atoms with Crippen molar-refractivity contribution in [2.75, 3.05) is 33.4 Å². The molecule has 0 amide bonds. The van der Waals surface area contributed by atoms with Gasteiger partial charge in [-0.2, -0.15) is 0 Å². The molecule has 0 saturated heterocycles. The zero-order chi connectivity index (χ0) is 15.7. The van der Waals surface area contributed by atoms with Crippen LogP contribution in [0.2, 0.25) is 0 Å². The second-order valence-corrected chi connectivity index (χ2v) is 5.64. The number of aliphatic hydroxyl groups is 1. The van der Waals surface area contributed by atoms with E-state index in [1.807, 2.05) is 30.3 Å². The molecular weight excluding hydrogens is 264 g/mol. The van der Waals surface area contributed by atoms with E-state index >= 15 is 0 Å². The summed E-state index contributed by atoms with van der Waals surface area (Å²) in [7, 11) is 1.72. The van der Waals surface area contributed by atoms with Gasteiger partial charge in [-0.25, -0.2) is 0 Å². The van der Waals surface area contributed by atoms with Gasteiger partial charge in [0, 0.05) is 32.8 Å². The molecule has 1 aromatic rings. The molecule has 2 unspecified atom stereocenters. The summed E-state index contributed by atoms with van der Waals surface area (Å²) in [6.45, 7) is 7.00. The summed E-state index contributed by atoms with van der Waals surface area (Å²) in [5.41, 5.74) is 5.77. The molecule has 0 radical (unpaired) electrons. The molecule has 1 rings (SSSR count). The number of nitrogens with zero attached hydrogens (tertiary/aromatic N) is 1. The summed E-state index contributed by atoms with van der Waals surface area (Å²) >= 11 is 0. The van der Waals surface area contributed by atoms with Crippen molar-refractivity contribution in [2.45, 2.75) is 38.3 Å².